The van der Waals surface area contributed by atoms with Crippen molar-refractivity contribution in [3.8, 4) is 5.75 Å². The van der Waals surface area contributed by atoms with Gasteiger partial charge < -0.3 is 15.0 Å². The fourth-order valence-electron chi connectivity index (χ4n) is 3.46. The monoisotopic (exact) mass is 459 g/mol. The molecule has 1 N–H and O–H groups in total. The molecule has 8 heteroatoms. The molecule has 0 atom stereocenters. The Labute approximate surface area is 191 Å². The van der Waals surface area contributed by atoms with Crippen molar-refractivity contribution in [1.29, 1.82) is 0 Å². The maximum Gasteiger partial charge on any atom is 0.251 e. The number of rotatable bonds is 7. The zero-order valence-corrected chi connectivity index (χ0v) is 20.1. The highest BCUT2D eigenvalue weighted by atomic mass is 32.2. The van der Waals surface area contributed by atoms with Crippen LogP contribution in [0.25, 0.3) is 0 Å². The van der Waals surface area contributed by atoms with Crippen LogP contribution in [0.4, 0.5) is 0 Å². The first-order chi connectivity index (χ1) is 15.1. The van der Waals surface area contributed by atoms with Gasteiger partial charge in [0.15, 0.2) is 0 Å². The lowest BCUT2D eigenvalue weighted by Gasteiger charge is -2.31. The summed E-state index contributed by atoms with van der Waals surface area (Å²) in [6, 6.07) is 14.1. The van der Waals surface area contributed by atoms with Crippen molar-refractivity contribution >= 4 is 15.9 Å². The quantitative estimate of drug-likeness (QED) is 0.644. The van der Waals surface area contributed by atoms with Gasteiger partial charge in [0, 0.05) is 31.7 Å². The molecule has 32 heavy (non-hydrogen) atoms. The summed E-state index contributed by atoms with van der Waals surface area (Å²) in [5.41, 5.74) is 1.62. The molecule has 174 valence electrons. The summed E-state index contributed by atoms with van der Waals surface area (Å²) in [4.78, 5) is 14.8. The molecule has 1 amide bonds. The molecule has 0 aromatic heterocycles. The van der Waals surface area contributed by atoms with E-state index in [1.807, 2.05) is 31.3 Å². The number of sulfonamides is 1. The maximum atomic E-state index is 12.9. The van der Waals surface area contributed by atoms with Crippen molar-refractivity contribution in [2.24, 2.45) is 0 Å². The molecule has 1 fully saturated rings. The predicted molar refractivity (Wildman–Crippen MR) is 126 cm³/mol. The number of hydrogen-bond acceptors (Lipinski definition) is 5. The highest BCUT2D eigenvalue weighted by molar-refractivity contribution is 7.89. The average Bonchev–Trinajstić information content (AvgIpc) is 2.76. The van der Waals surface area contributed by atoms with E-state index in [0.717, 1.165) is 5.75 Å². The van der Waals surface area contributed by atoms with Crippen molar-refractivity contribution in [3.05, 3.63) is 59.7 Å². The highest BCUT2D eigenvalue weighted by Crippen LogP contribution is 2.24. The Morgan fingerprint density at radius 3 is 2.31 bits per heavy atom. The van der Waals surface area contributed by atoms with E-state index in [0.29, 0.717) is 44.9 Å². The van der Waals surface area contributed by atoms with Crippen molar-refractivity contribution < 1.29 is 17.9 Å². The summed E-state index contributed by atoms with van der Waals surface area (Å²) >= 11 is 0. The average molecular weight is 460 g/mol. The van der Waals surface area contributed by atoms with E-state index in [2.05, 4.69) is 31.0 Å². The largest absolute Gasteiger partial charge is 0.492 e. The molecule has 1 heterocycles. The SMILES string of the molecule is CN1CCN(S(=O)(=O)c2cccc(C(=O)NCCOc3ccc(C(C)(C)C)cc3)c2)CC1. The van der Waals surface area contributed by atoms with E-state index in [-0.39, 0.29) is 16.2 Å². The summed E-state index contributed by atoms with van der Waals surface area (Å²) in [6.07, 6.45) is 0. The van der Waals surface area contributed by atoms with Crippen LogP contribution < -0.4 is 10.1 Å². The van der Waals surface area contributed by atoms with Gasteiger partial charge in [-0.05, 0) is 48.4 Å². The molecule has 1 saturated heterocycles. The molecule has 0 aliphatic carbocycles. The predicted octanol–water partition coefficient (Wildman–Crippen LogP) is 2.73. The molecule has 2 aromatic rings. The van der Waals surface area contributed by atoms with Gasteiger partial charge in [0.2, 0.25) is 10.0 Å². The summed E-state index contributed by atoms with van der Waals surface area (Å²) < 4.78 is 33.0. The van der Waals surface area contributed by atoms with Crippen LogP contribution in [-0.2, 0) is 15.4 Å². The Hall–Kier alpha value is -2.42. The van der Waals surface area contributed by atoms with Gasteiger partial charge in [-0.1, -0.05) is 39.0 Å². The number of piperazine rings is 1. The first-order valence-electron chi connectivity index (χ1n) is 10.9. The molecule has 1 aliphatic heterocycles. The lowest BCUT2D eigenvalue weighted by Crippen LogP contribution is -2.47. The van der Waals surface area contributed by atoms with Crippen molar-refractivity contribution in [1.82, 2.24) is 14.5 Å². The third kappa shape index (κ3) is 6.09. The Morgan fingerprint density at radius 2 is 1.69 bits per heavy atom. The Balaban J connectivity index is 1.53. The number of hydrogen-bond donors (Lipinski definition) is 1. The summed E-state index contributed by atoms with van der Waals surface area (Å²) in [5.74, 6) is 0.416. The van der Waals surface area contributed by atoms with Crippen molar-refractivity contribution in [2.45, 2.75) is 31.1 Å². The molecule has 2 aromatic carbocycles. The standard InChI is InChI=1S/C24H33N3O4S/c1-24(2,3)20-8-10-21(11-9-20)31-17-12-25-23(28)19-6-5-7-22(18-19)32(29,30)27-15-13-26(4)14-16-27/h5-11,18H,12-17H2,1-4H3,(H,25,28). The van der Waals surface area contributed by atoms with Gasteiger partial charge in [-0.3, -0.25) is 4.79 Å². The Morgan fingerprint density at radius 1 is 1.03 bits per heavy atom. The molecule has 0 radical (unpaired) electrons. The van der Waals surface area contributed by atoms with Crippen LogP contribution in [0, 0.1) is 0 Å². The maximum absolute atomic E-state index is 12.9. The summed E-state index contributed by atoms with van der Waals surface area (Å²) in [6.45, 7) is 9.38. The third-order valence-corrected chi connectivity index (χ3v) is 7.47. The molecule has 0 bridgehead atoms. The normalized spacial score (nSPS) is 16.0. The molecule has 0 unspecified atom stereocenters. The zero-order valence-electron chi connectivity index (χ0n) is 19.3. The number of carbonyl (C=O) groups is 1. The number of nitrogens with zero attached hydrogens (tertiary/aromatic N) is 2. The first kappa shape index (κ1) is 24.2. The Bertz CT molecular complexity index is 1020. The van der Waals surface area contributed by atoms with Crippen molar-refractivity contribution in [2.75, 3.05) is 46.4 Å². The van der Waals surface area contributed by atoms with E-state index in [9.17, 15) is 13.2 Å². The van der Waals surface area contributed by atoms with Gasteiger partial charge >= 0.3 is 0 Å². The Kier molecular flexibility index (Phi) is 7.59. The van der Waals surface area contributed by atoms with Crippen LogP contribution in [0.5, 0.6) is 5.75 Å². The molecule has 0 spiro atoms. The number of ether oxygens (including phenoxy) is 1. The minimum Gasteiger partial charge on any atom is -0.492 e. The molecule has 7 nitrogen and oxygen atoms in total. The van der Waals surface area contributed by atoms with Gasteiger partial charge in [-0.2, -0.15) is 4.31 Å². The number of likely N-dealkylation sites (N-methyl/N-ethyl adjacent to an activating group) is 1. The lowest BCUT2D eigenvalue weighted by molar-refractivity contribution is 0.0946. The zero-order chi connectivity index (χ0) is 23.4. The van der Waals surface area contributed by atoms with Gasteiger partial charge in [0.05, 0.1) is 11.4 Å². The third-order valence-electron chi connectivity index (χ3n) is 5.57. The van der Waals surface area contributed by atoms with Gasteiger partial charge in [-0.15, -0.1) is 0 Å². The molecule has 0 saturated carbocycles. The number of nitrogens with one attached hydrogen (secondary N) is 1. The fraction of sp³-hybridized carbons (Fsp3) is 0.458. The van der Waals surface area contributed by atoms with E-state index in [1.165, 1.54) is 22.0 Å². The topological polar surface area (TPSA) is 79.0 Å². The second-order valence-electron chi connectivity index (χ2n) is 9.11. The number of amides is 1. The van der Waals surface area contributed by atoms with Crippen LogP contribution in [0.3, 0.4) is 0 Å². The van der Waals surface area contributed by atoms with E-state index < -0.39 is 10.0 Å². The minimum atomic E-state index is -3.61. The number of carbonyl (C=O) groups excluding carboxylic acids is 1. The molecular formula is C24H33N3O4S. The molecular weight excluding hydrogens is 426 g/mol. The van der Waals surface area contributed by atoms with Crippen LogP contribution in [0.2, 0.25) is 0 Å². The molecule has 1 aliphatic rings. The fourth-order valence-corrected chi connectivity index (χ4v) is 4.93. The van der Waals surface area contributed by atoms with E-state index >= 15 is 0 Å². The highest BCUT2D eigenvalue weighted by Gasteiger charge is 2.27. The minimum absolute atomic E-state index is 0.0822. The van der Waals surface area contributed by atoms with Crippen LogP contribution in [0.15, 0.2) is 53.4 Å². The second kappa shape index (κ2) is 10.0. The van der Waals surface area contributed by atoms with Gasteiger partial charge in [0.25, 0.3) is 5.91 Å². The van der Waals surface area contributed by atoms with E-state index in [1.54, 1.807) is 12.1 Å². The van der Waals surface area contributed by atoms with Crippen molar-refractivity contribution in [3.63, 3.8) is 0 Å². The van der Waals surface area contributed by atoms with Gasteiger partial charge in [-0.25, -0.2) is 8.42 Å². The first-order valence-corrected chi connectivity index (χ1v) is 12.3. The smallest absolute Gasteiger partial charge is 0.251 e. The summed E-state index contributed by atoms with van der Waals surface area (Å²) in [5, 5.41) is 2.79. The molecule has 3 rings (SSSR count). The van der Waals surface area contributed by atoms with Gasteiger partial charge in [0.1, 0.15) is 12.4 Å². The lowest BCUT2D eigenvalue weighted by atomic mass is 9.87. The summed E-state index contributed by atoms with van der Waals surface area (Å²) in [7, 11) is -1.64. The van der Waals surface area contributed by atoms with Crippen LogP contribution in [-0.4, -0.2) is 69.9 Å². The van der Waals surface area contributed by atoms with E-state index in [4.69, 9.17) is 4.74 Å². The van der Waals surface area contributed by atoms with Crippen LogP contribution in [0.1, 0.15) is 36.7 Å². The second-order valence-corrected chi connectivity index (χ2v) is 11.1. The number of benzene rings is 2. The van der Waals surface area contributed by atoms with Crippen LogP contribution >= 0.6 is 0 Å².